The van der Waals surface area contributed by atoms with E-state index >= 15 is 0 Å². The standard InChI is InChI=1S/C12H20O5/c1-4-11(14)16-6-9(13)7-17-12(2,3)5-10-8-15-10/h4,9-10,13H,1,5-8H2,2-3H3. The van der Waals surface area contributed by atoms with Crippen LogP contribution >= 0.6 is 0 Å². The topological polar surface area (TPSA) is 68.3 Å². The zero-order valence-electron chi connectivity index (χ0n) is 10.3. The van der Waals surface area contributed by atoms with Crippen LogP contribution in [0.2, 0.25) is 0 Å². The highest BCUT2D eigenvalue weighted by molar-refractivity contribution is 5.81. The molecule has 0 aliphatic carbocycles. The summed E-state index contributed by atoms with van der Waals surface area (Å²) in [5, 5.41) is 9.54. The summed E-state index contributed by atoms with van der Waals surface area (Å²) < 4.78 is 15.4. The molecule has 1 saturated heterocycles. The van der Waals surface area contributed by atoms with Gasteiger partial charge in [-0.1, -0.05) is 6.58 Å². The molecule has 2 unspecified atom stereocenters. The van der Waals surface area contributed by atoms with Crippen LogP contribution in [0.3, 0.4) is 0 Å². The number of aliphatic hydroxyl groups excluding tert-OH is 1. The van der Waals surface area contributed by atoms with Gasteiger partial charge in [-0.2, -0.15) is 0 Å². The van der Waals surface area contributed by atoms with Crippen LogP contribution in [-0.2, 0) is 19.0 Å². The second-order valence-corrected chi connectivity index (χ2v) is 4.72. The molecule has 1 aliphatic rings. The average Bonchev–Trinajstić information content (AvgIpc) is 3.06. The maximum absolute atomic E-state index is 10.8. The molecule has 5 nitrogen and oxygen atoms in total. The summed E-state index contributed by atoms with van der Waals surface area (Å²) in [6.45, 7) is 7.98. The molecule has 1 heterocycles. The van der Waals surface area contributed by atoms with Gasteiger partial charge in [0.25, 0.3) is 0 Å². The average molecular weight is 244 g/mol. The first kappa shape index (κ1) is 14.2. The molecule has 0 aromatic rings. The number of esters is 1. The number of rotatable bonds is 8. The Kier molecular flexibility index (Phi) is 5.11. The van der Waals surface area contributed by atoms with Gasteiger partial charge in [0.2, 0.25) is 0 Å². The number of aliphatic hydroxyl groups is 1. The van der Waals surface area contributed by atoms with Gasteiger partial charge in [0.05, 0.1) is 24.9 Å². The van der Waals surface area contributed by atoms with E-state index in [1.807, 2.05) is 13.8 Å². The lowest BCUT2D eigenvalue weighted by Gasteiger charge is -2.26. The molecule has 0 aromatic carbocycles. The molecule has 1 aliphatic heterocycles. The van der Waals surface area contributed by atoms with Crippen LogP contribution in [0.4, 0.5) is 0 Å². The van der Waals surface area contributed by atoms with Crippen LogP contribution < -0.4 is 0 Å². The van der Waals surface area contributed by atoms with Crippen LogP contribution in [-0.4, -0.2) is 48.7 Å². The summed E-state index contributed by atoms with van der Waals surface area (Å²) in [6.07, 6.45) is 1.31. The van der Waals surface area contributed by atoms with Crippen molar-refractivity contribution >= 4 is 5.97 Å². The number of carbonyl (C=O) groups excluding carboxylic acids is 1. The van der Waals surface area contributed by atoms with Gasteiger partial charge in [0, 0.05) is 12.5 Å². The Morgan fingerprint density at radius 2 is 2.29 bits per heavy atom. The van der Waals surface area contributed by atoms with Crippen LogP contribution in [0.5, 0.6) is 0 Å². The van der Waals surface area contributed by atoms with Crippen LogP contribution in [0.15, 0.2) is 12.7 Å². The molecule has 1 N–H and O–H groups in total. The molecule has 98 valence electrons. The van der Waals surface area contributed by atoms with Crippen molar-refractivity contribution in [2.24, 2.45) is 0 Å². The minimum absolute atomic E-state index is 0.0825. The third kappa shape index (κ3) is 6.41. The van der Waals surface area contributed by atoms with Gasteiger partial charge in [0.15, 0.2) is 0 Å². The predicted molar refractivity (Wildman–Crippen MR) is 61.6 cm³/mol. The first-order chi connectivity index (χ1) is 7.93. The number of hydrogen-bond acceptors (Lipinski definition) is 5. The van der Waals surface area contributed by atoms with Gasteiger partial charge in [0.1, 0.15) is 12.7 Å². The van der Waals surface area contributed by atoms with E-state index in [0.717, 1.165) is 19.1 Å². The molecule has 1 rings (SSSR count). The third-order valence-electron chi connectivity index (χ3n) is 2.37. The van der Waals surface area contributed by atoms with E-state index in [1.54, 1.807) is 0 Å². The zero-order chi connectivity index (χ0) is 12.9. The maximum atomic E-state index is 10.8. The van der Waals surface area contributed by atoms with E-state index in [4.69, 9.17) is 14.2 Å². The van der Waals surface area contributed by atoms with Gasteiger partial charge >= 0.3 is 5.97 Å². The van der Waals surface area contributed by atoms with Crippen molar-refractivity contribution in [2.75, 3.05) is 19.8 Å². The molecule has 0 saturated carbocycles. The Morgan fingerprint density at radius 1 is 1.65 bits per heavy atom. The van der Waals surface area contributed by atoms with E-state index in [1.165, 1.54) is 0 Å². The van der Waals surface area contributed by atoms with Gasteiger partial charge in [-0.3, -0.25) is 0 Å². The Morgan fingerprint density at radius 3 is 2.82 bits per heavy atom. The minimum Gasteiger partial charge on any atom is -0.460 e. The van der Waals surface area contributed by atoms with Gasteiger partial charge in [-0.25, -0.2) is 4.79 Å². The summed E-state index contributed by atoms with van der Waals surface area (Å²) in [6, 6.07) is 0. The lowest BCUT2D eigenvalue weighted by molar-refractivity contribution is -0.143. The second kappa shape index (κ2) is 6.14. The molecule has 0 bridgehead atoms. The first-order valence-electron chi connectivity index (χ1n) is 5.66. The monoisotopic (exact) mass is 244 g/mol. The molecular weight excluding hydrogens is 224 g/mol. The van der Waals surface area contributed by atoms with Crippen LogP contribution in [0, 0.1) is 0 Å². The molecule has 0 amide bonds. The SMILES string of the molecule is C=CC(=O)OCC(O)COC(C)(C)CC1CO1. The molecule has 1 fully saturated rings. The van der Waals surface area contributed by atoms with Crippen molar-refractivity contribution in [3.63, 3.8) is 0 Å². The van der Waals surface area contributed by atoms with Gasteiger partial charge in [-0.15, -0.1) is 0 Å². The number of carbonyl (C=O) groups is 1. The summed E-state index contributed by atoms with van der Waals surface area (Å²) in [7, 11) is 0. The quantitative estimate of drug-likeness (QED) is 0.386. The summed E-state index contributed by atoms with van der Waals surface area (Å²) in [4.78, 5) is 10.8. The van der Waals surface area contributed by atoms with Crippen molar-refractivity contribution in [1.82, 2.24) is 0 Å². The van der Waals surface area contributed by atoms with Crippen molar-refractivity contribution in [3.8, 4) is 0 Å². The Balaban J connectivity index is 2.14. The van der Waals surface area contributed by atoms with Crippen LogP contribution in [0.25, 0.3) is 0 Å². The molecule has 17 heavy (non-hydrogen) atoms. The van der Waals surface area contributed by atoms with Gasteiger partial charge < -0.3 is 19.3 Å². The summed E-state index contributed by atoms with van der Waals surface area (Å²) in [5.74, 6) is -0.547. The van der Waals surface area contributed by atoms with E-state index < -0.39 is 12.1 Å². The largest absolute Gasteiger partial charge is 0.460 e. The van der Waals surface area contributed by atoms with Crippen molar-refractivity contribution in [3.05, 3.63) is 12.7 Å². The highest BCUT2D eigenvalue weighted by Gasteiger charge is 2.32. The summed E-state index contributed by atoms with van der Waals surface area (Å²) >= 11 is 0. The maximum Gasteiger partial charge on any atom is 0.330 e. The van der Waals surface area contributed by atoms with E-state index in [9.17, 15) is 9.90 Å². The Labute approximate surface area is 101 Å². The molecule has 0 aromatic heterocycles. The lowest BCUT2D eigenvalue weighted by Crippen LogP contribution is -2.32. The predicted octanol–water partition coefficient (Wildman–Crippen LogP) is 0.661. The van der Waals surface area contributed by atoms with Gasteiger partial charge in [-0.05, 0) is 13.8 Å². The molecular formula is C12H20O5. The highest BCUT2D eigenvalue weighted by Crippen LogP contribution is 2.25. The molecule has 2 atom stereocenters. The van der Waals surface area contributed by atoms with E-state index in [2.05, 4.69) is 6.58 Å². The Bertz CT molecular complexity index is 270. The second-order valence-electron chi connectivity index (χ2n) is 4.72. The Hall–Kier alpha value is -0.910. The zero-order valence-corrected chi connectivity index (χ0v) is 10.3. The van der Waals surface area contributed by atoms with Crippen molar-refractivity contribution in [1.29, 1.82) is 0 Å². The fraction of sp³-hybridized carbons (Fsp3) is 0.750. The number of ether oxygens (including phenoxy) is 3. The molecule has 5 heteroatoms. The minimum atomic E-state index is -0.821. The smallest absolute Gasteiger partial charge is 0.330 e. The fourth-order valence-corrected chi connectivity index (χ4v) is 1.40. The summed E-state index contributed by atoms with van der Waals surface area (Å²) in [5.41, 5.74) is -0.343. The van der Waals surface area contributed by atoms with E-state index in [-0.39, 0.29) is 24.9 Å². The lowest BCUT2D eigenvalue weighted by atomic mass is 10.0. The van der Waals surface area contributed by atoms with Crippen molar-refractivity contribution < 1.29 is 24.1 Å². The van der Waals surface area contributed by atoms with Crippen LogP contribution in [0.1, 0.15) is 20.3 Å². The van der Waals surface area contributed by atoms with E-state index in [0.29, 0.717) is 0 Å². The first-order valence-corrected chi connectivity index (χ1v) is 5.66. The molecule has 0 radical (unpaired) electrons. The normalized spacial score (nSPS) is 20.8. The third-order valence-corrected chi connectivity index (χ3v) is 2.37. The fourth-order valence-electron chi connectivity index (χ4n) is 1.40. The number of hydrogen-bond donors (Lipinski definition) is 1. The number of epoxide rings is 1. The highest BCUT2D eigenvalue weighted by atomic mass is 16.6. The van der Waals surface area contributed by atoms with Crippen molar-refractivity contribution in [2.45, 2.75) is 38.1 Å². The molecule has 0 spiro atoms.